The lowest BCUT2D eigenvalue weighted by atomic mass is 10.2. The minimum Gasteiger partial charge on any atom is -0.383 e. The number of ether oxygens (including phenoxy) is 1. The van der Waals surface area contributed by atoms with Crippen molar-refractivity contribution in [3.05, 3.63) is 29.6 Å². The van der Waals surface area contributed by atoms with Crippen LogP contribution in [-0.2, 0) is 11.3 Å². The molecule has 1 heterocycles. The number of methoxy groups -OCH3 is 1. The summed E-state index contributed by atoms with van der Waals surface area (Å²) in [7, 11) is 1.67. The molecule has 0 saturated carbocycles. The van der Waals surface area contributed by atoms with Crippen LogP contribution in [0.3, 0.4) is 0 Å². The predicted octanol–water partition coefficient (Wildman–Crippen LogP) is 2.16. The molecule has 1 aromatic carbocycles. The van der Waals surface area contributed by atoms with Gasteiger partial charge in [0.1, 0.15) is 5.82 Å². The summed E-state index contributed by atoms with van der Waals surface area (Å²) in [6.45, 7) is 4.09. The third-order valence-electron chi connectivity index (χ3n) is 3.27. The fourth-order valence-corrected chi connectivity index (χ4v) is 2.28. The molecular weight excluding hydrogens is 231 g/mol. The molecule has 0 aromatic heterocycles. The van der Waals surface area contributed by atoms with Crippen molar-refractivity contribution in [3.63, 3.8) is 0 Å². The zero-order valence-corrected chi connectivity index (χ0v) is 10.9. The highest BCUT2D eigenvalue weighted by molar-refractivity contribution is 5.49. The molecule has 18 heavy (non-hydrogen) atoms. The molecule has 100 valence electrons. The van der Waals surface area contributed by atoms with Crippen LogP contribution < -0.4 is 10.2 Å². The molecule has 0 radical (unpaired) electrons. The van der Waals surface area contributed by atoms with E-state index in [4.69, 9.17) is 4.74 Å². The molecule has 3 nitrogen and oxygen atoms in total. The first-order valence-corrected chi connectivity index (χ1v) is 6.54. The van der Waals surface area contributed by atoms with Gasteiger partial charge in [0.05, 0.1) is 12.3 Å². The fourth-order valence-electron chi connectivity index (χ4n) is 2.28. The van der Waals surface area contributed by atoms with Crippen LogP contribution in [0.4, 0.5) is 10.1 Å². The number of nitrogens with one attached hydrogen (secondary N) is 1. The van der Waals surface area contributed by atoms with Crippen LogP contribution in [-0.4, -0.2) is 33.4 Å². The van der Waals surface area contributed by atoms with Crippen LogP contribution in [0.5, 0.6) is 0 Å². The third kappa shape index (κ3) is 3.43. The maximum atomic E-state index is 14.0. The van der Waals surface area contributed by atoms with Gasteiger partial charge in [-0.05, 0) is 30.5 Å². The number of benzene rings is 1. The predicted molar refractivity (Wildman–Crippen MR) is 71.4 cm³/mol. The summed E-state index contributed by atoms with van der Waals surface area (Å²) >= 11 is 0. The Hall–Kier alpha value is -1.13. The average molecular weight is 252 g/mol. The van der Waals surface area contributed by atoms with Crippen LogP contribution >= 0.6 is 0 Å². The SMILES string of the molecule is COCCNCc1ccc(N2CCCC2)c(F)c1. The van der Waals surface area contributed by atoms with Gasteiger partial charge in [-0.2, -0.15) is 0 Å². The van der Waals surface area contributed by atoms with E-state index in [9.17, 15) is 4.39 Å². The van der Waals surface area contributed by atoms with E-state index in [0.29, 0.717) is 13.2 Å². The Labute approximate surface area is 108 Å². The number of hydrogen-bond acceptors (Lipinski definition) is 3. The van der Waals surface area contributed by atoms with E-state index in [1.165, 1.54) is 12.8 Å². The van der Waals surface area contributed by atoms with E-state index in [1.54, 1.807) is 13.2 Å². The van der Waals surface area contributed by atoms with Crippen LogP contribution in [0, 0.1) is 5.82 Å². The molecule has 0 spiro atoms. The Morgan fingerprint density at radius 1 is 1.33 bits per heavy atom. The van der Waals surface area contributed by atoms with Crippen LogP contribution in [0.25, 0.3) is 0 Å². The number of halogens is 1. The fraction of sp³-hybridized carbons (Fsp3) is 0.571. The van der Waals surface area contributed by atoms with Crippen molar-refractivity contribution in [3.8, 4) is 0 Å². The van der Waals surface area contributed by atoms with Gasteiger partial charge >= 0.3 is 0 Å². The van der Waals surface area contributed by atoms with Gasteiger partial charge in [-0.1, -0.05) is 6.07 Å². The Morgan fingerprint density at radius 2 is 2.11 bits per heavy atom. The summed E-state index contributed by atoms with van der Waals surface area (Å²) in [6, 6.07) is 5.53. The summed E-state index contributed by atoms with van der Waals surface area (Å²) in [6.07, 6.45) is 2.33. The lowest BCUT2D eigenvalue weighted by Gasteiger charge is -2.18. The molecule has 0 amide bonds. The Balaban J connectivity index is 1.92. The van der Waals surface area contributed by atoms with Gasteiger partial charge in [-0.3, -0.25) is 0 Å². The molecule has 0 atom stereocenters. The first-order chi connectivity index (χ1) is 8.81. The normalized spacial score (nSPS) is 15.3. The van der Waals surface area contributed by atoms with E-state index in [2.05, 4.69) is 10.2 Å². The highest BCUT2D eigenvalue weighted by Crippen LogP contribution is 2.24. The van der Waals surface area contributed by atoms with Gasteiger partial charge in [-0.15, -0.1) is 0 Å². The molecule has 1 aliphatic rings. The van der Waals surface area contributed by atoms with Crippen LogP contribution in [0.1, 0.15) is 18.4 Å². The second kappa shape index (κ2) is 6.71. The first-order valence-electron chi connectivity index (χ1n) is 6.54. The topological polar surface area (TPSA) is 24.5 Å². The van der Waals surface area contributed by atoms with Crippen molar-refractivity contribution in [2.24, 2.45) is 0 Å². The van der Waals surface area contributed by atoms with Gasteiger partial charge in [0.25, 0.3) is 0 Å². The van der Waals surface area contributed by atoms with E-state index in [0.717, 1.165) is 30.9 Å². The summed E-state index contributed by atoms with van der Waals surface area (Å²) in [5.74, 6) is -0.108. The molecule has 1 aromatic rings. The van der Waals surface area contributed by atoms with E-state index >= 15 is 0 Å². The molecule has 1 fully saturated rings. The molecular formula is C14H21FN2O. The molecule has 2 rings (SSSR count). The largest absolute Gasteiger partial charge is 0.383 e. The maximum absolute atomic E-state index is 14.0. The second-order valence-corrected chi connectivity index (χ2v) is 4.65. The monoisotopic (exact) mass is 252 g/mol. The molecule has 0 bridgehead atoms. The number of anilines is 1. The zero-order valence-electron chi connectivity index (χ0n) is 10.9. The van der Waals surface area contributed by atoms with Crippen molar-refractivity contribution in [1.82, 2.24) is 5.32 Å². The summed E-state index contributed by atoms with van der Waals surface area (Å²) < 4.78 is 18.9. The van der Waals surface area contributed by atoms with Gasteiger partial charge < -0.3 is 15.0 Å². The van der Waals surface area contributed by atoms with Crippen molar-refractivity contribution in [2.45, 2.75) is 19.4 Å². The summed E-state index contributed by atoms with van der Waals surface area (Å²) in [5, 5.41) is 3.21. The molecule has 1 saturated heterocycles. The van der Waals surface area contributed by atoms with Crippen molar-refractivity contribution < 1.29 is 9.13 Å². The van der Waals surface area contributed by atoms with E-state index in [1.807, 2.05) is 12.1 Å². The average Bonchev–Trinajstić information content (AvgIpc) is 2.88. The van der Waals surface area contributed by atoms with Gasteiger partial charge in [0.15, 0.2) is 0 Å². The third-order valence-corrected chi connectivity index (χ3v) is 3.27. The van der Waals surface area contributed by atoms with Crippen LogP contribution in [0.15, 0.2) is 18.2 Å². The maximum Gasteiger partial charge on any atom is 0.146 e. The molecule has 4 heteroatoms. The van der Waals surface area contributed by atoms with Gasteiger partial charge in [-0.25, -0.2) is 4.39 Å². The molecule has 1 aliphatic heterocycles. The minimum atomic E-state index is -0.108. The van der Waals surface area contributed by atoms with Gasteiger partial charge in [0.2, 0.25) is 0 Å². The Morgan fingerprint density at radius 3 is 2.78 bits per heavy atom. The van der Waals surface area contributed by atoms with Gasteiger partial charge in [0, 0.05) is 33.3 Å². The Bertz CT molecular complexity index is 378. The summed E-state index contributed by atoms with van der Waals surface area (Å²) in [4.78, 5) is 2.12. The van der Waals surface area contributed by atoms with E-state index in [-0.39, 0.29) is 5.82 Å². The highest BCUT2D eigenvalue weighted by Gasteiger charge is 2.15. The Kier molecular flexibility index (Phi) is 4.96. The number of rotatable bonds is 6. The molecule has 0 aliphatic carbocycles. The first kappa shape index (κ1) is 13.3. The van der Waals surface area contributed by atoms with Crippen molar-refractivity contribution in [2.75, 3.05) is 38.3 Å². The molecule has 1 N–H and O–H groups in total. The lowest BCUT2D eigenvalue weighted by molar-refractivity contribution is 0.199. The van der Waals surface area contributed by atoms with Crippen molar-refractivity contribution in [1.29, 1.82) is 0 Å². The second-order valence-electron chi connectivity index (χ2n) is 4.65. The quantitative estimate of drug-likeness (QED) is 0.785. The number of nitrogens with zero attached hydrogens (tertiary/aromatic N) is 1. The van der Waals surface area contributed by atoms with Crippen LogP contribution in [0.2, 0.25) is 0 Å². The van der Waals surface area contributed by atoms with Crippen molar-refractivity contribution >= 4 is 5.69 Å². The summed E-state index contributed by atoms with van der Waals surface area (Å²) in [5.41, 5.74) is 1.72. The smallest absolute Gasteiger partial charge is 0.146 e. The van der Waals surface area contributed by atoms with E-state index < -0.39 is 0 Å². The molecule has 0 unspecified atom stereocenters. The lowest BCUT2D eigenvalue weighted by Crippen LogP contribution is -2.20. The zero-order chi connectivity index (χ0) is 12.8. The highest BCUT2D eigenvalue weighted by atomic mass is 19.1. The standard InChI is InChI=1S/C14H21FN2O/c1-18-9-6-16-11-12-4-5-14(13(15)10-12)17-7-2-3-8-17/h4-5,10,16H,2-3,6-9,11H2,1H3. The number of hydrogen-bond donors (Lipinski definition) is 1. The minimum absolute atomic E-state index is 0.108.